The first kappa shape index (κ1) is 21.2. The third-order valence-electron chi connectivity index (χ3n) is 6.31. The summed E-state index contributed by atoms with van der Waals surface area (Å²) < 4.78 is 5.40. The highest BCUT2D eigenvalue weighted by atomic mass is 16.5. The Morgan fingerprint density at radius 2 is 1.90 bits per heavy atom. The molecule has 6 nitrogen and oxygen atoms in total. The lowest BCUT2D eigenvalue weighted by Crippen LogP contribution is -2.45. The van der Waals surface area contributed by atoms with E-state index in [1.807, 2.05) is 24.3 Å². The number of carbonyl (C=O) groups excluding carboxylic acids is 2. The predicted molar refractivity (Wildman–Crippen MR) is 121 cm³/mol. The summed E-state index contributed by atoms with van der Waals surface area (Å²) in [5, 5.41) is 3.09. The van der Waals surface area contributed by atoms with Crippen molar-refractivity contribution in [2.24, 2.45) is 5.92 Å². The molecule has 0 spiro atoms. The average Bonchev–Trinajstić information content (AvgIpc) is 3.21. The van der Waals surface area contributed by atoms with E-state index in [1.165, 1.54) is 11.3 Å². The zero-order chi connectivity index (χ0) is 21.6. The molecule has 4 rings (SSSR count). The Balaban J connectivity index is 1.24. The van der Waals surface area contributed by atoms with E-state index >= 15 is 0 Å². The van der Waals surface area contributed by atoms with Gasteiger partial charge in [0.1, 0.15) is 5.75 Å². The van der Waals surface area contributed by atoms with Gasteiger partial charge in [-0.25, -0.2) is 0 Å². The quantitative estimate of drug-likeness (QED) is 0.666. The average molecular weight is 422 g/mol. The zero-order valence-electron chi connectivity index (χ0n) is 18.2. The van der Waals surface area contributed by atoms with Crippen molar-refractivity contribution in [3.05, 3.63) is 59.7 Å². The molecule has 2 aliphatic heterocycles. The molecule has 2 aromatic rings. The van der Waals surface area contributed by atoms with Crippen molar-refractivity contribution in [1.29, 1.82) is 0 Å². The highest BCUT2D eigenvalue weighted by Crippen LogP contribution is 2.27. The van der Waals surface area contributed by atoms with Gasteiger partial charge in [-0.05, 0) is 37.0 Å². The Labute approximate surface area is 184 Å². The van der Waals surface area contributed by atoms with Gasteiger partial charge in [-0.15, -0.1) is 0 Å². The van der Waals surface area contributed by atoms with Gasteiger partial charge in [-0.3, -0.25) is 9.59 Å². The highest BCUT2D eigenvalue weighted by molar-refractivity contribution is 5.83. The van der Waals surface area contributed by atoms with Gasteiger partial charge >= 0.3 is 0 Å². The molecule has 2 aromatic carbocycles. The predicted octanol–water partition coefficient (Wildman–Crippen LogP) is 3.00. The molecule has 6 heteroatoms. The fraction of sp³-hybridized carbons (Fsp3) is 0.440. The molecule has 0 unspecified atom stereocenters. The topological polar surface area (TPSA) is 61.9 Å². The van der Waals surface area contributed by atoms with Crippen LogP contribution in [0.5, 0.6) is 5.75 Å². The molecule has 0 aromatic heterocycles. The van der Waals surface area contributed by atoms with Gasteiger partial charge in [-0.2, -0.15) is 0 Å². The second kappa shape index (κ2) is 9.86. The molecular weight excluding hydrogens is 390 g/mol. The maximum absolute atomic E-state index is 12.7. The first-order valence-electron chi connectivity index (χ1n) is 11.2. The number of piperidine rings is 1. The number of ether oxygens (including phenoxy) is 1. The number of nitrogens with zero attached hydrogens (tertiary/aromatic N) is 2. The van der Waals surface area contributed by atoms with Gasteiger partial charge in [0, 0.05) is 50.4 Å². The van der Waals surface area contributed by atoms with Gasteiger partial charge in [0.15, 0.2) is 0 Å². The van der Waals surface area contributed by atoms with E-state index in [0.29, 0.717) is 32.5 Å². The van der Waals surface area contributed by atoms with E-state index in [4.69, 9.17) is 4.74 Å². The van der Waals surface area contributed by atoms with Crippen LogP contribution in [-0.2, 0) is 22.6 Å². The standard InChI is InChI=1S/C25H31N3O3/c1-31-23-10-5-3-8-20(23)17-28-18-21(11-12-24(28)29)25(30)26-14-6-15-27-16-13-19-7-2-4-9-22(19)27/h2-5,7-10,21H,6,11-18H2,1H3,(H,26,30)/t21-/m0/s1. The van der Waals surface area contributed by atoms with Crippen LogP contribution in [0, 0.1) is 5.92 Å². The molecule has 2 aliphatic rings. The van der Waals surface area contributed by atoms with E-state index in [0.717, 1.165) is 37.2 Å². The zero-order valence-corrected chi connectivity index (χ0v) is 18.2. The number of rotatable bonds is 8. The van der Waals surface area contributed by atoms with Crippen LogP contribution < -0.4 is 15.0 Å². The summed E-state index contributed by atoms with van der Waals surface area (Å²) in [4.78, 5) is 29.3. The van der Waals surface area contributed by atoms with E-state index in [1.54, 1.807) is 12.0 Å². The Bertz CT molecular complexity index is 930. The number of likely N-dealkylation sites (tertiary alicyclic amines) is 1. The molecule has 1 N–H and O–H groups in total. The Hall–Kier alpha value is -3.02. The molecule has 1 saturated heterocycles. The Kier molecular flexibility index (Phi) is 6.75. The minimum Gasteiger partial charge on any atom is -0.496 e. The molecule has 1 atom stereocenters. The van der Waals surface area contributed by atoms with Gasteiger partial charge in [0.25, 0.3) is 0 Å². The van der Waals surface area contributed by atoms with E-state index in [2.05, 4.69) is 34.5 Å². The van der Waals surface area contributed by atoms with E-state index < -0.39 is 0 Å². The van der Waals surface area contributed by atoms with Gasteiger partial charge in [0.05, 0.1) is 13.0 Å². The molecule has 164 valence electrons. The van der Waals surface area contributed by atoms with E-state index in [9.17, 15) is 9.59 Å². The van der Waals surface area contributed by atoms with E-state index in [-0.39, 0.29) is 17.7 Å². The third-order valence-corrected chi connectivity index (χ3v) is 6.31. The lowest BCUT2D eigenvalue weighted by molar-refractivity contribution is -0.138. The molecular formula is C25H31N3O3. The third kappa shape index (κ3) is 5.01. The molecule has 31 heavy (non-hydrogen) atoms. The Morgan fingerprint density at radius 1 is 1.10 bits per heavy atom. The number of hydrogen-bond acceptors (Lipinski definition) is 4. The van der Waals surface area contributed by atoms with Crippen LogP contribution in [0.4, 0.5) is 5.69 Å². The second-order valence-electron chi connectivity index (χ2n) is 8.33. The molecule has 2 heterocycles. The number of amides is 2. The van der Waals surface area contributed by atoms with Crippen LogP contribution in [0.1, 0.15) is 30.4 Å². The lowest BCUT2D eigenvalue weighted by Gasteiger charge is -2.32. The molecule has 0 saturated carbocycles. The maximum atomic E-state index is 12.7. The van der Waals surface area contributed by atoms with Crippen LogP contribution in [0.15, 0.2) is 48.5 Å². The van der Waals surface area contributed by atoms with Crippen molar-refractivity contribution in [3.8, 4) is 5.75 Å². The fourth-order valence-electron chi connectivity index (χ4n) is 4.59. The first-order valence-corrected chi connectivity index (χ1v) is 11.2. The van der Waals surface area contributed by atoms with Crippen molar-refractivity contribution in [3.63, 3.8) is 0 Å². The fourth-order valence-corrected chi connectivity index (χ4v) is 4.59. The van der Waals surface area contributed by atoms with Crippen LogP contribution in [0.3, 0.4) is 0 Å². The number of para-hydroxylation sites is 2. The van der Waals surface area contributed by atoms with Crippen LogP contribution in [0.25, 0.3) is 0 Å². The summed E-state index contributed by atoms with van der Waals surface area (Å²) in [5.74, 6) is 0.771. The molecule has 2 amide bonds. The molecule has 1 fully saturated rings. The highest BCUT2D eigenvalue weighted by Gasteiger charge is 2.30. The van der Waals surface area contributed by atoms with Crippen molar-refractivity contribution in [1.82, 2.24) is 10.2 Å². The lowest BCUT2D eigenvalue weighted by atomic mass is 9.96. The monoisotopic (exact) mass is 421 g/mol. The summed E-state index contributed by atoms with van der Waals surface area (Å²) in [6, 6.07) is 16.3. The number of nitrogens with one attached hydrogen (secondary N) is 1. The number of anilines is 1. The van der Waals surface area contributed by atoms with Crippen molar-refractivity contribution in [2.75, 3.05) is 38.2 Å². The number of benzene rings is 2. The second-order valence-corrected chi connectivity index (χ2v) is 8.33. The van der Waals surface area contributed by atoms with Gasteiger partial charge < -0.3 is 19.9 Å². The number of hydrogen-bond donors (Lipinski definition) is 1. The van der Waals surface area contributed by atoms with Crippen LogP contribution >= 0.6 is 0 Å². The summed E-state index contributed by atoms with van der Waals surface area (Å²) in [7, 11) is 1.63. The summed E-state index contributed by atoms with van der Waals surface area (Å²) in [5.41, 5.74) is 3.70. The SMILES string of the molecule is COc1ccccc1CN1C[C@@H](C(=O)NCCCN2CCc3ccccc32)CCC1=O. The van der Waals surface area contributed by atoms with Crippen molar-refractivity contribution >= 4 is 17.5 Å². The molecule has 0 radical (unpaired) electrons. The summed E-state index contributed by atoms with van der Waals surface area (Å²) in [6.45, 7) is 3.59. The smallest absolute Gasteiger partial charge is 0.224 e. The first-order chi connectivity index (χ1) is 15.2. The number of carbonyl (C=O) groups is 2. The minimum atomic E-state index is -0.153. The number of methoxy groups -OCH3 is 1. The van der Waals surface area contributed by atoms with Crippen LogP contribution in [0.2, 0.25) is 0 Å². The molecule has 0 aliphatic carbocycles. The summed E-state index contributed by atoms with van der Waals surface area (Å²) in [6.07, 6.45) is 3.04. The maximum Gasteiger partial charge on any atom is 0.224 e. The van der Waals surface area contributed by atoms with Crippen molar-refractivity contribution in [2.45, 2.75) is 32.2 Å². The molecule has 0 bridgehead atoms. The minimum absolute atomic E-state index is 0.0550. The largest absolute Gasteiger partial charge is 0.496 e. The van der Waals surface area contributed by atoms with Crippen LogP contribution in [-0.4, -0.2) is 50.0 Å². The summed E-state index contributed by atoms with van der Waals surface area (Å²) >= 11 is 0. The normalized spacial score (nSPS) is 18.1. The Morgan fingerprint density at radius 3 is 2.77 bits per heavy atom. The van der Waals surface area contributed by atoms with Gasteiger partial charge in [-0.1, -0.05) is 36.4 Å². The number of fused-ring (bicyclic) bond motifs is 1. The van der Waals surface area contributed by atoms with Gasteiger partial charge in [0.2, 0.25) is 11.8 Å². The van der Waals surface area contributed by atoms with Crippen molar-refractivity contribution < 1.29 is 14.3 Å².